The Bertz CT molecular complexity index is 832. The number of carboxylic acid groups (broad SMARTS) is 1. The maximum atomic E-state index is 10.7. The Morgan fingerprint density at radius 2 is 2.04 bits per heavy atom. The van der Waals surface area contributed by atoms with E-state index in [1.54, 1.807) is 24.5 Å². The van der Waals surface area contributed by atoms with E-state index in [1.165, 1.54) is 0 Å². The Morgan fingerprint density at radius 3 is 2.79 bits per heavy atom. The minimum atomic E-state index is -0.990. The van der Waals surface area contributed by atoms with Crippen LogP contribution in [-0.4, -0.2) is 45.8 Å². The van der Waals surface area contributed by atoms with Crippen molar-refractivity contribution >= 4 is 22.8 Å². The van der Waals surface area contributed by atoms with Crippen LogP contribution in [0.25, 0.3) is 10.9 Å². The van der Waals surface area contributed by atoms with Crippen LogP contribution in [0.5, 0.6) is 5.75 Å². The molecule has 0 aliphatic heterocycles. The van der Waals surface area contributed by atoms with Gasteiger partial charge in [-0.2, -0.15) is 0 Å². The lowest BCUT2D eigenvalue weighted by Gasteiger charge is -2.17. The Labute approximate surface area is 139 Å². The van der Waals surface area contributed by atoms with Crippen LogP contribution in [0.15, 0.2) is 48.9 Å². The van der Waals surface area contributed by atoms with Crippen molar-refractivity contribution in [3.8, 4) is 5.75 Å². The van der Waals surface area contributed by atoms with Gasteiger partial charge in [0.1, 0.15) is 5.75 Å². The van der Waals surface area contributed by atoms with Crippen molar-refractivity contribution in [3.63, 3.8) is 0 Å². The lowest BCUT2D eigenvalue weighted by molar-refractivity contribution is -0.139. The molecule has 0 saturated carbocycles. The number of hydrogen-bond acceptors (Lipinski definition) is 5. The molecule has 124 valence electrons. The molecule has 1 aromatic carbocycles. The topological polar surface area (TPSA) is 80.5 Å². The summed E-state index contributed by atoms with van der Waals surface area (Å²) in [6.45, 7) is 1.15. The Hall–Kier alpha value is -3.09. The molecule has 0 saturated heterocycles. The average Bonchev–Trinajstić information content (AvgIpc) is 3.02. The highest BCUT2D eigenvalue weighted by molar-refractivity contribution is 5.86. The van der Waals surface area contributed by atoms with Gasteiger partial charge < -0.3 is 19.3 Å². The maximum absolute atomic E-state index is 10.7. The van der Waals surface area contributed by atoms with E-state index in [-0.39, 0.29) is 6.61 Å². The van der Waals surface area contributed by atoms with Gasteiger partial charge in [-0.1, -0.05) is 6.07 Å². The van der Waals surface area contributed by atoms with Crippen LogP contribution < -0.4 is 9.64 Å². The molecule has 0 amide bonds. The Morgan fingerprint density at radius 1 is 1.25 bits per heavy atom. The van der Waals surface area contributed by atoms with Gasteiger partial charge in [0.05, 0.1) is 5.52 Å². The number of anilines is 1. The van der Waals surface area contributed by atoms with E-state index in [2.05, 4.69) is 14.5 Å². The Kier molecular flexibility index (Phi) is 4.60. The molecule has 0 aliphatic rings. The first kappa shape index (κ1) is 15.8. The van der Waals surface area contributed by atoms with Gasteiger partial charge in [0, 0.05) is 44.1 Å². The number of benzene rings is 1. The van der Waals surface area contributed by atoms with E-state index >= 15 is 0 Å². The second-order valence-electron chi connectivity index (χ2n) is 5.35. The summed E-state index contributed by atoms with van der Waals surface area (Å²) in [4.78, 5) is 21.1. The normalized spacial score (nSPS) is 10.7. The molecular formula is C17H18N4O3. The predicted molar refractivity (Wildman–Crippen MR) is 90.4 cm³/mol. The van der Waals surface area contributed by atoms with Crippen molar-refractivity contribution in [3.05, 3.63) is 48.9 Å². The van der Waals surface area contributed by atoms with Crippen LogP contribution in [0.1, 0.15) is 0 Å². The third-order valence-corrected chi connectivity index (χ3v) is 3.69. The van der Waals surface area contributed by atoms with E-state index in [4.69, 9.17) is 9.84 Å². The van der Waals surface area contributed by atoms with Crippen LogP contribution in [-0.2, 0) is 11.3 Å². The van der Waals surface area contributed by atoms with Crippen molar-refractivity contribution in [1.82, 2.24) is 14.5 Å². The Balaban J connectivity index is 1.74. The number of carbonyl (C=O) groups is 1. The van der Waals surface area contributed by atoms with E-state index in [0.29, 0.717) is 11.7 Å². The molecule has 1 N–H and O–H groups in total. The number of carboxylic acids is 1. The molecule has 0 atom stereocenters. The van der Waals surface area contributed by atoms with Crippen LogP contribution in [0, 0.1) is 0 Å². The predicted octanol–water partition coefficient (Wildman–Crippen LogP) is 2.03. The number of ether oxygens (including phenoxy) is 1. The third-order valence-electron chi connectivity index (χ3n) is 3.69. The number of fused-ring (bicyclic) bond motifs is 1. The van der Waals surface area contributed by atoms with Gasteiger partial charge in [-0.15, -0.1) is 0 Å². The minimum absolute atomic E-state index is 0.349. The molecule has 0 radical (unpaired) electrons. The first-order valence-electron chi connectivity index (χ1n) is 7.56. The molecule has 2 aromatic heterocycles. The molecule has 3 rings (SSSR count). The van der Waals surface area contributed by atoms with Crippen molar-refractivity contribution in [1.29, 1.82) is 0 Å². The fourth-order valence-electron chi connectivity index (χ4n) is 2.50. The first-order chi connectivity index (χ1) is 11.6. The molecule has 7 nitrogen and oxygen atoms in total. The standard InChI is InChI=1S/C17H18N4O3/c1-20(17-18-7-3-8-19-17)10-11-21-9-6-13-14(21)4-2-5-15(13)24-12-16(22)23/h2-9H,10-12H2,1H3,(H,22,23). The van der Waals surface area contributed by atoms with Gasteiger partial charge in [-0.25, -0.2) is 14.8 Å². The summed E-state index contributed by atoms with van der Waals surface area (Å²) >= 11 is 0. The molecule has 3 aromatic rings. The van der Waals surface area contributed by atoms with Gasteiger partial charge in [0.25, 0.3) is 0 Å². The summed E-state index contributed by atoms with van der Waals surface area (Å²) in [6, 6.07) is 9.35. The quantitative estimate of drug-likeness (QED) is 0.715. The fraction of sp³-hybridized carbons (Fsp3) is 0.235. The van der Waals surface area contributed by atoms with Crippen LogP contribution in [0.2, 0.25) is 0 Å². The number of aliphatic carboxylic acids is 1. The number of rotatable bonds is 7. The van der Waals surface area contributed by atoms with E-state index in [1.807, 2.05) is 36.3 Å². The maximum Gasteiger partial charge on any atom is 0.341 e. The lowest BCUT2D eigenvalue weighted by Crippen LogP contribution is -2.24. The van der Waals surface area contributed by atoms with Gasteiger partial charge in [0.2, 0.25) is 5.95 Å². The number of likely N-dealkylation sites (N-methyl/N-ethyl adjacent to an activating group) is 1. The third kappa shape index (κ3) is 3.45. The SMILES string of the molecule is CN(CCn1ccc2c(OCC(=O)O)cccc21)c1ncccn1. The number of nitrogens with zero attached hydrogens (tertiary/aromatic N) is 4. The fourth-order valence-corrected chi connectivity index (χ4v) is 2.50. The summed E-state index contributed by atoms with van der Waals surface area (Å²) in [5.74, 6) is 0.267. The van der Waals surface area contributed by atoms with E-state index < -0.39 is 5.97 Å². The van der Waals surface area contributed by atoms with Gasteiger partial charge >= 0.3 is 5.97 Å². The summed E-state index contributed by atoms with van der Waals surface area (Å²) in [5, 5.41) is 9.66. The molecule has 0 bridgehead atoms. The molecule has 0 fully saturated rings. The second-order valence-corrected chi connectivity index (χ2v) is 5.35. The van der Waals surface area contributed by atoms with Crippen LogP contribution >= 0.6 is 0 Å². The van der Waals surface area contributed by atoms with Crippen LogP contribution in [0.3, 0.4) is 0 Å². The zero-order chi connectivity index (χ0) is 16.9. The lowest BCUT2D eigenvalue weighted by atomic mass is 10.2. The zero-order valence-corrected chi connectivity index (χ0v) is 13.3. The minimum Gasteiger partial charge on any atom is -0.481 e. The number of aromatic nitrogens is 3. The summed E-state index contributed by atoms with van der Waals surface area (Å²) in [5.41, 5.74) is 1.00. The van der Waals surface area contributed by atoms with Crippen molar-refractivity contribution in [2.24, 2.45) is 0 Å². The van der Waals surface area contributed by atoms with E-state index in [0.717, 1.165) is 24.0 Å². The highest BCUT2D eigenvalue weighted by Gasteiger charge is 2.09. The van der Waals surface area contributed by atoms with Gasteiger partial charge in [-0.3, -0.25) is 0 Å². The molecule has 0 spiro atoms. The van der Waals surface area contributed by atoms with Gasteiger partial charge in [-0.05, 0) is 24.3 Å². The van der Waals surface area contributed by atoms with Crippen LogP contribution in [0.4, 0.5) is 5.95 Å². The molecule has 0 unspecified atom stereocenters. The summed E-state index contributed by atoms with van der Waals surface area (Å²) in [7, 11) is 1.95. The molecular weight excluding hydrogens is 308 g/mol. The smallest absolute Gasteiger partial charge is 0.341 e. The highest BCUT2D eigenvalue weighted by Crippen LogP contribution is 2.26. The monoisotopic (exact) mass is 326 g/mol. The number of hydrogen-bond donors (Lipinski definition) is 1. The first-order valence-corrected chi connectivity index (χ1v) is 7.56. The summed E-state index contributed by atoms with van der Waals surface area (Å²) < 4.78 is 7.45. The summed E-state index contributed by atoms with van der Waals surface area (Å²) in [6.07, 6.45) is 5.41. The van der Waals surface area contributed by atoms with Crippen molar-refractivity contribution < 1.29 is 14.6 Å². The largest absolute Gasteiger partial charge is 0.481 e. The molecule has 0 aliphatic carbocycles. The van der Waals surface area contributed by atoms with Crippen molar-refractivity contribution in [2.75, 3.05) is 25.1 Å². The van der Waals surface area contributed by atoms with Crippen molar-refractivity contribution in [2.45, 2.75) is 6.54 Å². The average molecular weight is 326 g/mol. The van der Waals surface area contributed by atoms with Gasteiger partial charge in [0.15, 0.2) is 6.61 Å². The highest BCUT2D eigenvalue weighted by atomic mass is 16.5. The molecule has 7 heteroatoms. The molecule has 2 heterocycles. The van der Waals surface area contributed by atoms with E-state index in [9.17, 15) is 4.79 Å². The zero-order valence-electron chi connectivity index (χ0n) is 13.3. The second kappa shape index (κ2) is 6.99. The molecule has 24 heavy (non-hydrogen) atoms.